The second-order valence-electron chi connectivity index (χ2n) is 3.55. The summed E-state index contributed by atoms with van der Waals surface area (Å²) in [6.07, 6.45) is 1.95. The van der Waals surface area contributed by atoms with Crippen LogP contribution in [-0.4, -0.2) is 30.0 Å². The van der Waals surface area contributed by atoms with Gasteiger partial charge in [-0.15, -0.1) is 11.8 Å². The summed E-state index contributed by atoms with van der Waals surface area (Å²) in [5, 5.41) is 3.88. The van der Waals surface area contributed by atoms with E-state index in [1.165, 1.54) is 5.56 Å². The Balaban J connectivity index is 1.80. The SMILES string of the molecule is CCNc1ccc(CSC2COC2)cn1. The number of hydrogen-bond acceptors (Lipinski definition) is 4. The lowest BCUT2D eigenvalue weighted by Gasteiger charge is -2.25. The van der Waals surface area contributed by atoms with Gasteiger partial charge in [0.2, 0.25) is 0 Å². The summed E-state index contributed by atoms with van der Waals surface area (Å²) in [5.41, 5.74) is 1.29. The van der Waals surface area contributed by atoms with Gasteiger partial charge in [-0.2, -0.15) is 0 Å². The highest BCUT2D eigenvalue weighted by Crippen LogP contribution is 2.23. The van der Waals surface area contributed by atoms with Gasteiger partial charge in [-0.3, -0.25) is 0 Å². The van der Waals surface area contributed by atoms with E-state index in [1.807, 2.05) is 24.0 Å². The van der Waals surface area contributed by atoms with Crippen molar-refractivity contribution in [3.63, 3.8) is 0 Å². The number of ether oxygens (including phenoxy) is 1. The summed E-state index contributed by atoms with van der Waals surface area (Å²) in [6, 6.07) is 4.17. The number of anilines is 1. The molecular weight excluding hydrogens is 208 g/mol. The summed E-state index contributed by atoms with van der Waals surface area (Å²) in [7, 11) is 0. The van der Waals surface area contributed by atoms with Crippen LogP contribution in [0.25, 0.3) is 0 Å². The van der Waals surface area contributed by atoms with E-state index in [9.17, 15) is 0 Å². The monoisotopic (exact) mass is 224 g/mol. The Morgan fingerprint density at radius 1 is 1.53 bits per heavy atom. The summed E-state index contributed by atoms with van der Waals surface area (Å²) in [6.45, 7) is 4.81. The van der Waals surface area contributed by atoms with Gasteiger partial charge in [0.25, 0.3) is 0 Å². The lowest BCUT2D eigenvalue weighted by Crippen LogP contribution is -2.30. The minimum Gasteiger partial charge on any atom is -0.379 e. The first kappa shape index (κ1) is 10.8. The molecule has 2 heterocycles. The normalized spacial score (nSPS) is 16.1. The molecule has 0 spiro atoms. The smallest absolute Gasteiger partial charge is 0.125 e. The molecule has 4 heteroatoms. The Kier molecular flexibility index (Phi) is 3.86. The second-order valence-corrected chi connectivity index (χ2v) is 4.84. The molecule has 15 heavy (non-hydrogen) atoms. The van der Waals surface area contributed by atoms with Crippen LogP contribution in [0.5, 0.6) is 0 Å². The van der Waals surface area contributed by atoms with Crippen LogP contribution in [0.4, 0.5) is 5.82 Å². The molecule has 0 aromatic carbocycles. The van der Waals surface area contributed by atoms with Crippen LogP contribution in [0.2, 0.25) is 0 Å². The molecule has 3 nitrogen and oxygen atoms in total. The minimum absolute atomic E-state index is 0.693. The van der Waals surface area contributed by atoms with E-state index in [4.69, 9.17) is 4.74 Å². The third kappa shape index (κ3) is 3.11. The predicted octanol–water partition coefficient (Wildman–Crippen LogP) is 2.15. The Morgan fingerprint density at radius 3 is 2.93 bits per heavy atom. The van der Waals surface area contributed by atoms with E-state index in [2.05, 4.69) is 23.3 Å². The summed E-state index contributed by atoms with van der Waals surface area (Å²) in [4.78, 5) is 4.33. The first-order chi connectivity index (χ1) is 7.38. The third-order valence-electron chi connectivity index (χ3n) is 2.28. The Labute approximate surface area is 94.6 Å². The molecule has 0 atom stereocenters. The van der Waals surface area contributed by atoms with Gasteiger partial charge in [-0.25, -0.2) is 4.98 Å². The number of nitrogens with zero attached hydrogens (tertiary/aromatic N) is 1. The van der Waals surface area contributed by atoms with Crippen molar-refractivity contribution in [1.82, 2.24) is 4.98 Å². The number of aromatic nitrogens is 1. The van der Waals surface area contributed by atoms with Gasteiger partial charge >= 0.3 is 0 Å². The molecule has 0 bridgehead atoms. The number of nitrogens with one attached hydrogen (secondary N) is 1. The molecule has 0 aliphatic carbocycles. The van der Waals surface area contributed by atoms with Gasteiger partial charge in [-0.05, 0) is 18.6 Å². The predicted molar refractivity (Wildman–Crippen MR) is 64.3 cm³/mol. The maximum Gasteiger partial charge on any atom is 0.125 e. The van der Waals surface area contributed by atoms with Gasteiger partial charge in [0, 0.05) is 18.5 Å². The molecule has 1 aromatic rings. The molecule has 0 radical (unpaired) electrons. The molecule has 1 fully saturated rings. The van der Waals surface area contributed by atoms with Crippen molar-refractivity contribution in [2.45, 2.75) is 17.9 Å². The number of hydrogen-bond donors (Lipinski definition) is 1. The maximum atomic E-state index is 5.13. The highest BCUT2D eigenvalue weighted by atomic mass is 32.2. The van der Waals surface area contributed by atoms with Crippen LogP contribution in [-0.2, 0) is 10.5 Å². The first-order valence-electron chi connectivity index (χ1n) is 5.26. The average molecular weight is 224 g/mol. The highest BCUT2D eigenvalue weighted by Gasteiger charge is 2.18. The van der Waals surface area contributed by atoms with E-state index in [-0.39, 0.29) is 0 Å². The summed E-state index contributed by atoms with van der Waals surface area (Å²) >= 11 is 1.95. The molecule has 0 amide bonds. The fraction of sp³-hybridized carbons (Fsp3) is 0.545. The lowest BCUT2D eigenvalue weighted by molar-refractivity contribution is 0.0455. The van der Waals surface area contributed by atoms with Gasteiger partial charge in [-0.1, -0.05) is 6.07 Å². The zero-order chi connectivity index (χ0) is 10.5. The third-order valence-corrected chi connectivity index (χ3v) is 3.52. The molecule has 1 aliphatic rings. The van der Waals surface area contributed by atoms with E-state index < -0.39 is 0 Å². The fourth-order valence-electron chi connectivity index (χ4n) is 1.32. The molecule has 82 valence electrons. The minimum atomic E-state index is 0.693. The Hall–Kier alpha value is -0.740. The van der Waals surface area contributed by atoms with Crippen LogP contribution in [0.1, 0.15) is 12.5 Å². The van der Waals surface area contributed by atoms with Crippen molar-refractivity contribution in [3.8, 4) is 0 Å². The largest absolute Gasteiger partial charge is 0.379 e. The average Bonchev–Trinajstić information content (AvgIpc) is 2.19. The first-order valence-corrected chi connectivity index (χ1v) is 6.31. The van der Waals surface area contributed by atoms with Crippen LogP contribution in [0.15, 0.2) is 18.3 Å². The number of pyridine rings is 1. The van der Waals surface area contributed by atoms with Crippen molar-refractivity contribution >= 4 is 17.6 Å². The van der Waals surface area contributed by atoms with Gasteiger partial charge in [0.1, 0.15) is 5.82 Å². The van der Waals surface area contributed by atoms with Gasteiger partial charge < -0.3 is 10.1 Å². The lowest BCUT2D eigenvalue weighted by atomic mass is 10.3. The maximum absolute atomic E-state index is 5.13. The molecule has 0 saturated carbocycles. The Bertz CT molecular complexity index is 298. The zero-order valence-electron chi connectivity index (χ0n) is 8.90. The standard InChI is InChI=1S/C11H16N2OS/c1-2-12-11-4-3-9(5-13-11)8-15-10-6-14-7-10/h3-5,10H,2,6-8H2,1H3,(H,12,13). The molecule has 1 aromatic heterocycles. The Morgan fingerprint density at radius 2 is 2.40 bits per heavy atom. The van der Waals surface area contributed by atoms with Gasteiger partial charge in [0.05, 0.1) is 18.5 Å². The fourth-order valence-corrected chi connectivity index (χ4v) is 2.30. The van der Waals surface area contributed by atoms with Crippen LogP contribution < -0.4 is 5.32 Å². The van der Waals surface area contributed by atoms with Crippen molar-refractivity contribution < 1.29 is 4.74 Å². The molecule has 1 saturated heterocycles. The zero-order valence-corrected chi connectivity index (χ0v) is 9.72. The van der Waals surface area contributed by atoms with E-state index in [1.54, 1.807) is 0 Å². The van der Waals surface area contributed by atoms with E-state index in [0.717, 1.165) is 31.3 Å². The quantitative estimate of drug-likeness (QED) is 0.831. The second kappa shape index (κ2) is 5.37. The van der Waals surface area contributed by atoms with Crippen molar-refractivity contribution in [2.75, 3.05) is 25.1 Å². The van der Waals surface area contributed by atoms with Crippen LogP contribution in [0.3, 0.4) is 0 Å². The number of thioether (sulfide) groups is 1. The van der Waals surface area contributed by atoms with Crippen molar-refractivity contribution in [2.24, 2.45) is 0 Å². The van der Waals surface area contributed by atoms with Crippen molar-refractivity contribution in [3.05, 3.63) is 23.9 Å². The molecule has 1 N–H and O–H groups in total. The van der Waals surface area contributed by atoms with Crippen LogP contribution >= 0.6 is 11.8 Å². The molecule has 0 unspecified atom stereocenters. The highest BCUT2D eigenvalue weighted by molar-refractivity contribution is 7.99. The van der Waals surface area contributed by atoms with Gasteiger partial charge in [0.15, 0.2) is 0 Å². The van der Waals surface area contributed by atoms with Crippen molar-refractivity contribution in [1.29, 1.82) is 0 Å². The topological polar surface area (TPSA) is 34.1 Å². The summed E-state index contributed by atoms with van der Waals surface area (Å²) < 4.78 is 5.13. The molecular formula is C11H16N2OS. The number of rotatable bonds is 5. The summed E-state index contributed by atoms with van der Waals surface area (Å²) in [5.74, 6) is 1.99. The molecule has 1 aliphatic heterocycles. The van der Waals surface area contributed by atoms with E-state index >= 15 is 0 Å². The van der Waals surface area contributed by atoms with E-state index in [0.29, 0.717) is 5.25 Å². The van der Waals surface area contributed by atoms with Crippen LogP contribution in [0, 0.1) is 0 Å². The molecule has 2 rings (SSSR count).